The minimum Gasteiger partial charge on any atom is -0.350 e. The lowest BCUT2D eigenvalue weighted by Gasteiger charge is -2.06. The molecule has 0 radical (unpaired) electrons. The monoisotopic (exact) mass is 266 g/mol. The molecule has 0 aliphatic carbocycles. The van der Waals surface area contributed by atoms with Gasteiger partial charge in [0, 0.05) is 17.8 Å². The van der Waals surface area contributed by atoms with Gasteiger partial charge in [-0.05, 0) is 17.7 Å². The number of benzene rings is 1. The summed E-state index contributed by atoms with van der Waals surface area (Å²) < 4.78 is 0. The number of carbonyl (C=O) groups is 1. The van der Waals surface area contributed by atoms with Crippen molar-refractivity contribution in [3.8, 4) is 0 Å². The Morgan fingerprint density at radius 3 is 2.90 bits per heavy atom. The molecule has 1 aromatic carbocycles. The summed E-state index contributed by atoms with van der Waals surface area (Å²) in [5, 5.41) is 10.6. The topological polar surface area (TPSA) is 70.7 Å². The highest BCUT2D eigenvalue weighted by molar-refractivity contribution is 5.87. The fraction of sp³-hybridized carbons (Fsp3) is 0.133. The Morgan fingerprint density at radius 2 is 2.05 bits per heavy atom. The zero-order valence-corrected chi connectivity index (χ0v) is 10.8. The molecule has 0 spiro atoms. The SMILES string of the molecule is O=C(Cc1cccc2cccnc12)NCc1ccn[nH]1. The van der Waals surface area contributed by atoms with Crippen LogP contribution in [0.15, 0.2) is 48.8 Å². The second kappa shape index (κ2) is 5.52. The molecular weight excluding hydrogens is 252 g/mol. The number of pyridine rings is 1. The summed E-state index contributed by atoms with van der Waals surface area (Å²) in [6, 6.07) is 11.6. The first-order valence-corrected chi connectivity index (χ1v) is 6.40. The summed E-state index contributed by atoms with van der Waals surface area (Å²) in [5.41, 5.74) is 2.70. The number of hydrogen-bond donors (Lipinski definition) is 2. The second-order valence-corrected chi connectivity index (χ2v) is 4.53. The second-order valence-electron chi connectivity index (χ2n) is 4.53. The van der Waals surface area contributed by atoms with Crippen LogP contribution < -0.4 is 5.32 Å². The van der Waals surface area contributed by atoms with Crippen molar-refractivity contribution >= 4 is 16.8 Å². The number of carbonyl (C=O) groups excluding carboxylic acids is 1. The first kappa shape index (κ1) is 12.3. The highest BCUT2D eigenvalue weighted by atomic mass is 16.1. The van der Waals surface area contributed by atoms with Crippen molar-refractivity contribution in [3.05, 3.63) is 60.0 Å². The van der Waals surface area contributed by atoms with Gasteiger partial charge in [0.1, 0.15) is 0 Å². The Bertz CT molecular complexity index is 716. The van der Waals surface area contributed by atoms with Crippen LogP contribution in [0.25, 0.3) is 10.9 Å². The van der Waals surface area contributed by atoms with E-state index in [1.807, 2.05) is 36.4 Å². The molecule has 3 rings (SSSR count). The van der Waals surface area contributed by atoms with E-state index < -0.39 is 0 Å². The normalized spacial score (nSPS) is 10.6. The predicted molar refractivity (Wildman–Crippen MR) is 75.9 cm³/mol. The molecule has 0 atom stereocenters. The fourth-order valence-corrected chi connectivity index (χ4v) is 2.12. The number of para-hydroxylation sites is 1. The number of nitrogens with one attached hydrogen (secondary N) is 2. The van der Waals surface area contributed by atoms with Gasteiger partial charge in [-0.3, -0.25) is 14.9 Å². The number of fused-ring (bicyclic) bond motifs is 1. The molecule has 2 N–H and O–H groups in total. The molecule has 0 aliphatic heterocycles. The van der Waals surface area contributed by atoms with Gasteiger partial charge in [-0.15, -0.1) is 0 Å². The molecule has 1 amide bonds. The quantitative estimate of drug-likeness (QED) is 0.756. The number of rotatable bonds is 4. The van der Waals surface area contributed by atoms with Crippen LogP contribution >= 0.6 is 0 Å². The summed E-state index contributed by atoms with van der Waals surface area (Å²) >= 11 is 0. The average Bonchev–Trinajstić information content (AvgIpc) is 2.99. The largest absolute Gasteiger partial charge is 0.350 e. The molecule has 0 fully saturated rings. The summed E-state index contributed by atoms with van der Waals surface area (Å²) in [4.78, 5) is 16.3. The van der Waals surface area contributed by atoms with E-state index in [1.54, 1.807) is 12.4 Å². The van der Waals surface area contributed by atoms with E-state index in [2.05, 4.69) is 20.5 Å². The van der Waals surface area contributed by atoms with Gasteiger partial charge in [0.25, 0.3) is 0 Å². The van der Waals surface area contributed by atoms with E-state index in [0.29, 0.717) is 13.0 Å². The van der Waals surface area contributed by atoms with Crippen LogP contribution in [0.5, 0.6) is 0 Å². The summed E-state index contributed by atoms with van der Waals surface area (Å²) in [5.74, 6) is -0.0299. The molecule has 5 heteroatoms. The first-order chi connectivity index (χ1) is 9.83. The van der Waals surface area contributed by atoms with Gasteiger partial charge in [0.2, 0.25) is 5.91 Å². The molecular formula is C15H14N4O. The van der Waals surface area contributed by atoms with Gasteiger partial charge in [-0.1, -0.05) is 24.3 Å². The number of H-pyrrole nitrogens is 1. The Balaban J connectivity index is 1.71. The molecule has 2 heterocycles. The van der Waals surface area contributed by atoms with Gasteiger partial charge in [0.15, 0.2) is 0 Å². The smallest absolute Gasteiger partial charge is 0.224 e. The van der Waals surface area contributed by atoms with Gasteiger partial charge in [-0.25, -0.2) is 0 Å². The van der Waals surface area contributed by atoms with Crippen molar-refractivity contribution in [1.29, 1.82) is 0 Å². The van der Waals surface area contributed by atoms with Crippen LogP contribution in [0.2, 0.25) is 0 Å². The van der Waals surface area contributed by atoms with Crippen LogP contribution in [0, 0.1) is 0 Å². The Labute approximate surface area is 116 Å². The minimum atomic E-state index is -0.0299. The zero-order valence-electron chi connectivity index (χ0n) is 10.8. The molecule has 2 aromatic heterocycles. The van der Waals surface area contributed by atoms with Gasteiger partial charge in [0.05, 0.1) is 24.2 Å². The summed E-state index contributed by atoms with van der Waals surface area (Å²) in [7, 11) is 0. The lowest BCUT2D eigenvalue weighted by atomic mass is 10.1. The maximum Gasteiger partial charge on any atom is 0.224 e. The molecule has 0 saturated heterocycles. The number of aromatic nitrogens is 3. The third-order valence-electron chi connectivity index (χ3n) is 3.10. The summed E-state index contributed by atoms with van der Waals surface area (Å²) in [6.45, 7) is 0.455. The van der Waals surface area contributed by atoms with Crippen molar-refractivity contribution < 1.29 is 4.79 Å². The number of aromatic amines is 1. The van der Waals surface area contributed by atoms with Crippen molar-refractivity contribution in [3.63, 3.8) is 0 Å². The maximum atomic E-state index is 12.0. The van der Waals surface area contributed by atoms with Crippen molar-refractivity contribution in [2.24, 2.45) is 0 Å². The molecule has 0 aliphatic rings. The first-order valence-electron chi connectivity index (χ1n) is 6.40. The highest BCUT2D eigenvalue weighted by Gasteiger charge is 2.07. The molecule has 3 aromatic rings. The van der Waals surface area contributed by atoms with Crippen molar-refractivity contribution in [2.45, 2.75) is 13.0 Å². The Kier molecular flexibility index (Phi) is 3.41. The van der Waals surface area contributed by atoms with Crippen LogP contribution in [-0.2, 0) is 17.8 Å². The third kappa shape index (κ3) is 2.66. The molecule has 0 unspecified atom stereocenters. The zero-order chi connectivity index (χ0) is 13.8. The van der Waals surface area contributed by atoms with E-state index in [0.717, 1.165) is 22.2 Å². The molecule has 100 valence electrons. The van der Waals surface area contributed by atoms with Crippen molar-refractivity contribution in [2.75, 3.05) is 0 Å². The third-order valence-corrected chi connectivity index (χ3v) is 3.10. The van der Waals surface area contributed by atoms with Crippen molar-refractivity contribution in [1.82, 2.24) is 20.5 Å². The van der Waals surface area contributed by atoms with E-state index in [9.17, 15) is 4.79 Å². The fourth-order valence-electron chi connectivity index (χ4n) is 2.12. The number of hydrogen-bond acceptors (Lipinski definition) is 3. The van der Waals surface area contributed by atoms with Crippen LogP contribution in [0.4, 0.5) is 0 Å². The molecule has 0 bridgehead atoms. The standard InChI is InChI=1S/C15H14N4O/c20-14(17-10-13-6-8-18-19-13)9-12-4-1-3-11-5-2-7-16-15(11)12/h1-8H,9-10H2,(H,17,20)(H,18,19). The number of nitrogens with zero attached hydrogens (tertiary/aromatic N) is 2. The lowest BCUT2D eigenvalue weighted by molar-refractivity contribution is -0.120. The lowest BCUT2D eigenvalue weighted by Crippen LogP contribution is -2.24. The Morgan fingerprint density at radius 1 is 1.15 bits per heavy atom. The maximum absolute atomic E-state index is 12.0. The van der Waals surface area contributed by atoms with Crippen LogP contribution in [0.1, 0.15) is 11.3 Å². The van der Waals surface area contributed by atoms with Crippen LogP contribution in [-0.4, -0.2) is 21.1 Å². The number of amides is 1. The molecule has 20 heavy (non-hydrogen) atoms. The Hall–Kier alpha value is -2.69. The predicted octanol–water partition coefficient (Wildman–Crippen LogP) is 1.82. The highest BCUT2D eigenvalue weighted by Crippen LogP contribution is 2.16. The van der Waals surface area contributed by atoms with E-state index in [4.69, 9.17) is 0 Å². The van der Waals surface area contributed by atoms with E-state index in [1.165, 1.54) is 0 Å². The van der Waals surface area contributed by atoms with Gasteiger partial charge >= 0.3 is 0 Å². The van der Waals surface area contributed by atoms with E-state index in [-0.39, 0.29) is 5.91 Å². The minimum absolute atomic E-state index is 0.0299. The summed E-state index contributed by atoms with van der Waals surface area (Å²) in [6.07, 6.45) is 3.73. The van der Waals surface area contributed by atoms with Gasteiger partial charge < -0.3 is 5.32 Å². The average molecular weight is 266 g/mol. The molecule has 0 saturated carbocycles. The van der Waals surface area contributed by atoms with Crippen LogP contribution in [0.3, 0.4) is 0 Å². The van der Waals surface area contributed by atoms with E-state index >= 15 is 0 Å². The van der Waals surface area contributed by atoms with Gasteiger partial charge in [-0.2, -0.15) is 5.10 Å². The molecule has 5 nitrogen and oxygen atoms in total.